The minimum absolute atomic E-state index is 0. The number of carbonyl (C=O) groups excluding carboxylic acids is 1. The lowest BCUT2D eigenvalue weighted by Gasteiger charge is -2.38. The van der Waals surface area contributed by atoms with Crippen LogP contribution in [0.15, 0.2) is 22.6 Å². The van der Waals surface area contributed by atoms with E-state index in [0.29, 0.717) is 11.9 Å². The summed E-state index contributed by atoms with van der Waals surface area (Å²) in [6.07, 6.45) is 0. The zero-order chi connectivity index (χ0) is 16.7. The number of rotatable bonds is 3. The van der Waals surface area contributed by atoms with Gasteiger partial charge in [0.2, 0.25) is 5.91 Å². The van der Waals surface area contributed by atoms with Gasteiger partial charge in [-0.1, -0.05) is 13.0 Å². The fourth-order valence-electron chi connectivity index (χ4n) is 3.43. The Morgan fingerprint density at radius 1 is 1.23 bits per heavy atom. The molecular formula is C18H26Cl2N4O2. The summed E-state index contributed by atoms with van der Waals surface area (Å²) in [7, 11) is 0. The molecule has 1 atom stereocenters. The molecule has 8 heteroatoms. The molecule has 3 heterocycles. The molecule has 0 saturated carbocycles. The van der Waals surface area contributed by atoms with Crippen LogP contribution in [-0.4, -0.2) is 55.1 Å². The fraction of sp³-hybridized carbons (Fsp3) is 0.556. The minimum atomic E-state index is 0. The second-order valence-corrected chi connectivity index (χ2v) is 6.99. The van der Waals surface area contributed by atoms with E-state index in [2.05, 4.69) is 29.0 Å². The maximum absolute atomic E-state index is 12.6. The molecule has 2 aliphatic rings. The first-order valence-corrected chi connectivity index (χ1v) is 8.73. The Hall–Kier alpha value is -1.50. The predicted molar refractivity (Wildman–Crippen MR) is 108 cm³/mol. The van der Waals surface area contributed by atoms with Gasteiger partial charge in [0.15, 0.2) is 5.58 Å². The first-order chi connectivity index (χ1) is 11.6. The standard InChI is InChI=1S/C18H24N4O2.2ClH/c1-12-3-4-16-15(9-12)20-18(24-16)22-7-5-21(6-8-22)17(23)13(2)14-10-19-11-14;;/h3-4,9,13-14,19H,5-8,10-11H2,1-2H3;2*1H. The highest BCUT2D eigenvalue weighted by molar-refractivity contribution is 5.85. The third-order valence-corrected chi connectivity index (χ3v) is 5.30. The number of nitrogens with one attached hydrogen (secondary N) is 1. The van der Waals surface area contributed by atoms with Crippen LogP contribution < -0.4 is 10.2 Å². The maximum Gasteiger partial charge on any atom is 0.298 e. The van der Waals surface area contributed by atoms with Gasteiger partial charge >= 0.3 is 0 Å². The third-order valence-electron chi connectivity index (χ3n) is 5.30. The molecule has 1 unspecified atom stereocenters. The van der Waals surface area contributed by atoms with Crippen LogP contribution in [0.25, 0.3) is 11.1 Å². The Balaban J connectivity index is 0.00000121. The minimum Gasteiger partial charge on any atom is -0.423 e. The van der Waals surface area contributed by atoms with Crippen LogP contribution in [0.4, 0.5) is 6.01 Å². The first-order valence-electron chi connectivity index (χ1n) is 8.73. The normalized spacial score (nSPS) is 18.7. The number of hydrogen-bond acceptors (Lipinski definition) is 5. The van der Waals surface area contributed by atoms with Crippen LogP contribution in [-0.2, 0) is 4.79 Å². The maximum atomic E-state index is 12.6. The molecule has 1 N–H and O–H groups in total. The summed E-state index contributed by atoms with van der Waals surface area (Å²) in [6.45, 7) is 9.06. The van der Waals surface area contributed by atoms with Crippen molar-refractivity contribution in [2.75, 3.05) is 44.2 Å². The first kappa shape index (κ1) is 20.8. The highest BCUT2D eigenvalue weighted by Crippen LogP contribution is 2.25. The Kier molecular flexibility index (Phi) is 6.77. The van der Waals surface area contributed by atoms with E-state index < -0.39 is 0 Å². The van der Waals surface area contributed by atoms with Crippen molar-refractivity contribution in [1.82, 2.24) is 15.2 Å². The number of piperazine rings is 1. The van der Waals surface area contributed by atoms with Crippen LogP contribution in [0, 0.1) is 18.8 Å². The molecule has 2 fully saturated rings. The molecule has 1 aromatic heterocycles. The van der Waals surface area contributed by atoms with E-state index in [1.165, 1.54) is 5.56 Å². The second kappa shape index (κ2) is 8.46. The fourth-order valence-corrected chi connectivity index (χ4v) is 3.43. The topological polar surface area (TPSA) is 61.6 Å². The van der Waals surface area contributed by atoms with Crippen molar-refractivity contribution >= 4 is 47.8 Å². The van der Waals surface area contributed by atoms with Gasteiger partial charge in [-0.25, -0.2) is 0 Å². The molecule has 0 aliphatic carbocycles. The van der Waals surface area contributed by atoms with Gasteiger partial charge in [-0.15, -0.1) is 24.8 Å². The summed E-state index contributed by atoms with van der Waals surface area (Å²) in [5.74, 6) is 0.898. The largest absolute Gasteiger partial charge is 0.423 e. The van der Waals surface area contributed by atoms with E-state index in [9.17, 15) is 4.79 Å². The third kappa shape index (κ3) is 3.92. The lowest BCUT2D eigenvalue weighted by Crippen LogP contribution is -2.54. The number of anilines is 1. The number of benzene rings is 1. The number of aryl methyl sites for hydroxylation is 1. The van der Waals surface area contributed by atoms with Crippen molar-refractivity contribution in [2.45, 2.75) is 13.8 Å². The molecule has 26 heavy (non-hydrogen) atoms. The molecule has 0 spiro atoms. The van der Waals surface area contributed by atoms with Crippen molar-refractivity contribution in [3.8, 4) is 0 Å². The molecule has 2 aromatic rings. The summed E-state index contributed by atoms with van der Waals surface area (Å²) in [4.78, 5) is 21.3. The van der Waals surface area contributed by atoms with Crippen LogP contribution >= 0.6 is 24.8 Å². The van der Waals surface area contributed by atoms with Gasteiger partial charge in [0.05, 0.1) is 0 Å². The average molecular weight is 401 g/mol. The van der Waals surface area contributed by atoms with E-state index in [0.717, 1.165) is 50.4 Å². The van der Waals surface area contributed by atoms with Crippen molar-refractivity contribution in [2.24, 2.45) is 11.8 Å². The van der Waals surface area contributed by atoms with Crippen molar-refractivity contribution < 1.29 is 9.21 Å². The summed E-state index contributed by atoms with van der Waals surface area (Å²) >= 11 is 0. The summed E-state index contributed by atoms with van der Waals surface area (Å²) in [5.41, 5.74) is 2.90. The Labute approximate surface area is 166 Å². The molecule has 4 rings (SSSR count). The van der Waals surface area contributed by atoms with Gasteiger partial charge in [0.1, 0.15) is 5.52 Å². The number of fused-ring (bicyclic) bond motifs is 1. The smallest absolute Gasteiger partial charge is 0.298 e. The van der Waals surface area contributed by atoms with E-state index in [1.807, 2.05) is 23.1 Å². The summed E-state index contributed by atoms with van der Waals surface area (Å²) in [6, 6.07) is 6.70. The lowest BCUT2D eigenvalue weighted by molar-refractivity contribution is -0.137. The van der Waals surface area contributed by atoms with Gasteiger partial charge in [0.25, 0.3) is 6.01 Å². The van der Waals surface area contributed by atoms with E-state index in [1.54, 1.807) is 0 Å². The number of halogens is 2. The highest BCUT2D eigenvalue weighted by atomic mass is 35.5. The lowest BCUT2D eigenvalue weighted by atomic mass is 9.88. The van der Waals surface area contributed by atoms with Gasteiger partial charge in [-0.2, -0.15) is 4.98 Å². The Morgan fingerprint density at radius 3 is 2.54 bits per heavy atom. The number of aromatic nitrogens is 1. The van der Waals surface area contributed by atoms with Crippen LogP contribution in [0.1, 0.15) is 12.5 Å². The van der Waals surface area contributed by atoms with Gasteiger partial charge < -0.3 is 19.5 Å². The van der Waals surface area contributed by atoms with Crippen LogP contribution in [0.2, 0.25) is 0 Å². The van der Waals surface area contributed by atoms with Crippen molar-refractivity contribution in [3.63, 3.8) is 0 Å². The summed E-state index contributed by atoms with van der Waals surface area (Å²) in [5, 5.41) is 3.25. The molecule has 1 aromatic carbocycles. The number of hydrogen-bond donors (Lipinski definition) is 1. The SMILES string of the molecule is Cc1ccc2oc(N3CCN(C(=O)C(C)C4CNC4)CC3)nc2c1.Cl.Cl. The van der Waals surface area contributed by atoms with Crippen molar-refractivity contribution in [1.29, 1.82) is 0 Å². The quantitative estimate of drug-likeness (QED) is 0.857. The Morgan fingerprint density at radius 2 is 1.92 bits per heavy atom. The molecule has 0 bridgehead atoms. The molecule has 2 saturated heterocycles. The van der Waals surface area contributed by atoms with Crippen LogP contribution in [0.3, 0.4) is 0 Å². The molecule has 0 radical (unpaired) electrons. The average Bonchev–Trinajstić information content (AvgIpc) is 2.95. The second-order valence-electron chi connectivity index (χ2n) is 6.99. The predicted octanol–water partition coefficient (Wildman–Crippen LogP) is 2.48. The van der Waals surface area contributed by atoms with E-state index >= 15 is 0 Å². The monoisotopic (exact) mass is 400 g/mol. The zero-order valence-corrected chi connectivity index (χ0v) is 16.7. The molecule has 1 amide bonds. The van der Waals surface area contributed by atoms with Gasteiger partial charge in [-0.3, -0.25) is 4.79 Å². The van der Waals surface area contributed by atoms with E-state index in [-0.39, 0.29) is 36.6 Å². The van der Waals surface area contributed by atoms with E-state index in [4.69, 9.17) is 4.42 Å². The highest BCUT2D eigenvalue weighted by Gasteiger charge is 2.33. The van der Waals surface area contributed by atoms with Crippen molar-refractivity contribution in [3.05, 3.63) is 23.8 Å². The number of nitrogens with zero attached hydrogens (tertiary/aromatic N) is 3. The molecule has 2 aliphatic heterocycles. The molecule has 144 valence electrons. The number of amides is 1. The molecule has 6 nitrogen and oxygen atoms in total. The number of carbonyl (C=O) groups is 1. The summed E-state index contributed by atoms with van der Waals surface area (Å²) < 4.78 is 5.87. The molecular weight excluding hydrogens is 375 g/mol. The Bertz CT molecular complexity index is 755. The van der Waals surface area contributed by atoms with Crippen LogP contribution in [0.5, 0.6) is 0 Å². The van der Waals surface area contributed by atoms with Gasteiger partial charge in [0, 0.05) is 32.1 Å². The number of oxazole rings is 1. The van der Waals surface area contributed by atoms with Gasteiger partial charge in [-0.05, 0) is 43.6 Å². The zero-order valence-electron chi connectivity index (χ0n) is 15.1.